The monoisotopic (exact) mass is 455 g/mol. The first kappa shape index (κ1) is 20.4. The lowest BCUT2D eigenvalue weighted by Gasteiger charge is -2.16. The fraction of sp³-hybridized carbons (Fsp3) is 0.100. The van der Waals surface area contributed by atoms with Gasteiger partial charge >= 0.3 is 6.18 Å². The summed E-state index contributed by atoms with van der Waals surface area (Å²) >= 11 is 5.71. The van der Waals surface area contributed by atoms with Crippen LogP contribution < -0.4 is 14.2 Å². The molecule has 1 N–H and O–H groups in total. The van der Waals surface area contributed by atoms with E-state index in [0.29, 0.717) is 0 Å². The molecular formula is C20H13ClF3NO4S. The Balaban J connectivity index is 1.85. The van der Waals surface area contributed by atoms with Crippen molar-refractivity contribution in [2.24, 2.45) is 0 Å². The zero-order valence-corrected chi connectivity index (χ0v) is 16.6. The van der Waals surface area contributed by atoms with Gasteiger partial charge in [0.15, 0.2) is 11.5 Å². The summed E-state index contributed by atoms with van der Waals surface area (Å²) in [6.07, 6.45) is -4.67. The maximum atomic E-state index is 13.3. The van der Waals surface area contributed by atoms with E-state index < -0.39 is 26.8 Å². The summed E-state index contributed by atoms with van der Waals surface area (Å²) in [6.45, 7) is -0.0852. The molecule has 0 spiro atoms. The van der Waals surface area contributed by atoms with Crippen LogP contribution in [0.1, 0.15) is 5.56 Å². The van der Waals surface area contributed by atoms with Crippen molar-refractivity contribution >= 4 is 27.3 Å². The fourth-order valence-corrected chi connectivity index (χ4v) is 4.30. The third-order valence-corrected chi connectivity index (χ3v) is 6.10. The number of halogens is 4. The minimum atomic E-state index is -4.67. The molecule has 10 heteroatoms. The van der Waals surface area contributed by atoms with Crippen LogP contribution in [-0.4, -0.2) is 15.2 Å². The number of hydrogen-bond donors (Lipinski definition) is 1. The van der Waals surface area contributed by atoms with Crippen molar-refractivity contribution in [3.05, 3.63) is 71.2 Å². The molecular weight excluding hydrogens is 443 g/mol. The first-order valence-electron chi connectivity index (χ1n) is 8.54. The maximum Gasteiger partial charge on any atom is 0.417 e. The van der Waals surface area contributed by atoms with Crippen LogP contribution in [0.25, 0.3) is 11.1 Å². The minimum absolute atomic E-state index is 0.000651. The van der Waals surface area contributed by atoms with E-state index in [4.69, 9.17) is 21.1 Å². The van der Waals surface area contributed by atoms with Crippen LogP contribution in [0.5, 0.6) is 11.5 Å². The number of sulfonamides is 1. The van der Waals surface area contributed by atoms with Gasteiger partial charge in [0, 0.05) is 11.6 Å². The van der Waals surface area contributed by atoms with Crippen molar-refractivity contribution in [1.29, 1.82) is 0 Å². The summed E-state index contributed by atoms with van der Waals surface area (Å²) in [5, 5.41) is -0.460. The van der Waals surface area contributed by atoms with Gasteiger partial charge in [-0.05, 0) is 35.9 Å². The number of anilines is 1. The van der Waals surface area contributed by atoms with E-state index >= 15 is 0 Å². The maximum absolute atomic E-state index is 13.3. The number of hydrogen-bond acceptors (Lipinski definition) is 4. The van der Waals surface area contributed by atoms with Crippen LogP contribution in [-0.2, 0) is 16.2 Å². The van der Waals surface area contributed by atoms with Crippen LogP contribution in [0.4, 0.5) is 18.9 Å². The van der Waals surface area contributed by atoms with Gasteiger partial charge in [0.1, 0.15) is 0 Å². The molecule has 1 aliphatic heterocycles. The van der Waals surface area contributed by atoms with Gasteiger partial charge in [-0.25, -0.2) is 8.42 Å². The molecule has 0 aromatic heterocycles. The number of alkyl halides is 3. The van der Waals surface area contributed by atoms with Crippen molar-refractivity contribution in [2.45, 2.75) is 11.1 Å². The Morgan fingerprint density at radius 2 is 1.60 bits per heavy atom. The predicted molar refractivity (Wildman–Crippen MR) is 105 cm³/mol. The van der Waals surface area contributed by atoms with Gasteiger partial charge in [-0.1, -0.05) is 35.9 Å². The number of nitrogens with one attached hydrogen (secondary N) is 1. The third kappa shape index (κ3) is 3.90. The summed E-state index contributed by atoms with van der Waals surface area (Å²) in [5.41, 5.74) is -0.702. The van der Waals surface area contributed by atoms with Gasteiger partial charge in [-0.15, -0.1) is 0 Å². The Labute approximate surface area is 175 Å². The standard InChI is InChI=1S/C20H13ClF3NO4S/c21-16-7-6-12(8-15(16)20(22,23)24)14-9-18-19(29-11-28-18)10-17(14)25-30(26,27)13-4-2-1-3-5-13/h1-10,25H,11H2. The second-order valence-corrected chi connectivity index (χ2v) is 8.45. The Morgan fingerprint density at radius 1 is 0.933 bits per heavy atom. The molecule has 4 rings (SSSR count). The second-order valence-electron chi connectivity index (χ2n) is 6.36. The average molecular weight is 456 g/mol. The Morgan fingerprint density at radius 3 is 2.27 bits per heavy atom. The number of rotatable bonds is 4. The summed E-state index contributed by atoms with van der Waals surface area (Å²) in [4.78, 5) is 0.000651. The molecule has 0 aliphatic carbocycles. The molecule has 0 bridgehead atoms. The van der Waals surface area contributed by atoms with Crippen molar-refractivity contribution in [2.75, 3.05) is 11.5 Å². The molecule has 0 unspecified atom stereocenters. The van der Waals surface area contributed by atoms with Crippen LogP contribution in [0, 0.1) is 0 Å². The number of ether oxygens (including phenoxy) is 2. The van der Waals surface area contributed by atoms with Crippen molar-refractivity contribution in [1.82, 2.24) is 0 Å². The summed E-state index contributed by atoms with van der Waals surface area (Å²) in [7, 11) is -4.00. The molecule has 0 amide bonds. The average Bonchev–Trinajstić information content (AvgIpc) is 3.15. The van der Waals surface area contributed by atoms with E-state index in [1.54, 1.807) is 18.2 Å². The highest BCUT2D eigenvalue weighted by Crippen LogP contribution is 2.44. The van der Waals surface area contributed by atoms with Gasteiger partial charge in [0.25, 0.3) is 10.0 Å². The molecule has 0 radical (unpaired) electrons. The zero-order valence-electron chi connectivity index (χ0n) is 15.0. The minimum Gasteiger partial charge on any atom is -0.454 e. The van der Waals surface area contributed by atoms with E-state index in [0.717, 1.165) is 12.1 Å². The Bertz CT molecular complexity index is 1210. The SMILES string of the molecule is O=S(=O)(Nc1cc2c(cc1-c1ccc(Cl)c(C(F)(F)F)c1)OCO2)c1ccccc1. The lowest BCUT2D eigenvalue weighted by molar-refractivity contribution is -0.137. The lowest BCUT2D eigenvalue weighted by atomic mass is 10.0. The van der Waals surface area contributed by atoms with E-state index in [-0.39, 0.29) is 40.0 Å². The topological polar surface area (TPSA) is 64.6 Å². The molecule has 0 atom stereocenters. The summed E-state index contributed by atoms with van der Waals surface area (Å²) in [5.74, 6) is 0.561. The quantitative estimate of drug-likeness (QED) is 0.559. The highest BCUT2D eigenvalue weighted by Gasteiger charge is 2.34. The summed E-state index contributed by atoms with van der Waals surface area (Å²) < 4.78 is 78.5. The van der Waals surface area contributed by atoms with Crippen LogP contribution in [0.15, 0.2) is 65.6 Å². The van der Waals surface area contributed by atoms with Crippen molar-refractivity contribution in [3.8, 4) is 22.6 Å². The van der Waals surface area contributed by atoms with E-state index in [1.165, 1.54) is 30.3 Å². The molecule has 30 heavy (non-hydrogen) atoms. The van der Waals surface area contributed by atoms with Crippen LogP contribution in [0.3, 0.4) is 0 Å². The van der Waals surface area contributed by atoms with E-state index in [1.807, 2.05) is 0 Å². The van der Waals surface area contributed by atoms with Crippen molar-refractivity contribution < 1.29 is 31.1 Å². The van der Waals surface area contributed by atoms with Gasteiger partial charge in [0.05, 0.1) is 21.2 Å². The zero-order chi connectivity index (χ0) is 21.5. The lowest BCUT2D eigenvalue weighted by Crippen LogP contribution is -2.13. The van der Waals surface area contributed by atoms with Gasteiger partial charge in [-0.2, -0.15) is 13.2 Å². The molecule has 0 saturated heterocycles. The van der Waals surface area contributed by atoms with Gasteiger partial charge in [0.2, 0.25) is 6.79 Å². The van der Waals surface area contributed by atoms with Crippen molar-refractivity contribution in [3.63, 3.8) is 0 Å². The summed E-state index contributed by atoms with van der Waals surface area (Å²) in [6, 6.07) is 13.7. The fourth-order valence-electron chi connectivity index (χ4n) is 2.98. The first-order chi connectivity index (χ1) is 14.1. The highest BCUT2D eigenvalue weighted by molar-refractivity contribution is 7.92. The molecule has 0 fully saturated rings. The largest absolute Gasteiger partial charge is 0.454 e. The number of benzene rings is 3. The Kier molecular flexibility index (Phi) is 5.03. The molecule has 3 aromatic rings. The normalized spacial score (nSPS) is 13.3. The smallest absolute Gasteiger partial charge is 0.417 e. The van der Waals surface area contributed by atoms with E-state index in [2.05, 4.69) is 4.72 Å². The third-order valence-electron chi connectivity index (χ3n) is 4.39. The molecule has 156 valence electrons. The van der Waals surface area contributed by atoms with E-state index in [9.17, 15) is 21.6 Å². The number of fused-ring (bicyclic) bond motifs is 1. The molecule has 1 aliphatic rings. The molecule has 3 aromatic carbocycles. The Hall–Kier alpha value is -2.91. The van der Waals surface area contributed by atoms with Crippen LogP contribution in [0.2, 0.25) is 5.02 Å². The molecule has 0 saturated carbocycles. The van der Waals surface area contributed by atoms with Gasteiger partial charge in [-0.3, -0.25) is 4.72 Å². The molecule has 5 nitrogen and oxygen atoms in total. The van der Waals surface area contributed by atoms with Crippen LogP contribution >= 0.6 is 11.6 Å². The highest BCUT2D eigenvalue weighted by atomic mass is 35.5. The first-order valence-corrected chi connectivity index (χ1v) is 10.4. The predicted octanol–water partition coefficient (Wildman–Crippen LogP) is 5.56. The molecule has 1 heterocycles. The van der Waals surface area contributed by atoms with Gasteiger partial charge < -0.3 is 9.47 Å². The second kappa shape index (κ2) is 7.41.